The quantitative estimate of drug-likeness (QED) is 0.691. The number of ether oxygens (including phenoxy) is 3. The highest BCUT2D eigenvalue weighted by Crippen LogP contribution is 2.36. The summed E-state index contributed by atoms with van der Waals surface area (Å²) < 4.78 is 16.1. The van der Waals surface area contributed by atoms with Crippen LogP contribution in [-0.4, -0.2) is 26.7 Å². The van der Waals surface area contributed by atoms with Gasteiger partial charge >= 0.3 is 0 Å². The summed E-state index contributed by atoms with van der Waals surface area (Å²) >= 11 is 6.19. The van der Waals surface area contributed by atoms with Crippen molar-refractivity contribution >= 4 is 34.0 Å². The summed E-state index contributed by atoms with van der Waals surface area (Å²) in [5.41, 5.74) is 0.427. The molecule has 0 radical (unpaired) electrons. The molecule has 0 aliphatic rings. The first-order valence-electron chi connectivity index (χ1n) is 7.94. The third-order valence-electron chi connectivity index (χ3n) is 3.86. The van der Waals surface area contributed by atoms with Crippen LogP contribution in [0.25, 0.3) is 10.8 Å². The van der Waals surface area contributed by atoms with Crippen LogP contribution in [0.4, 0.5) is 5.69 Å². The third kappa shape index (κ3) is 3.83. The van der Waals surface area contributed by atoms with E-state index < -0.39 is 0 Å². The van der Waals surface area contributed by atoms with Gasteiger partial charge in [0.15, 0.2) is 18.1 Å². The van der Waals surface area contributed by atoms with Gasteiger partial charge in [-0.3, -0.25) is 4.79 Å². The lowest BCUT2D eigenvalue weighted by atomic mass is 10.1. The molecule has 3 rings (SSSR count). The normalized spacial score (nSPS) is 10.4. The van der Waals surface area contributed by atoms with E-state index in [0.717, 1.165) is 10.8 Å². The number of rotatable bonds is 6. The first-order valence-corrected chi connectivity index (χ1v) is 8.32. The van der Waals surface area contributed by atoms with E-state index in [4.69, 9.17) is 25.8 Å². The zero-order chi connectivity index (χ0) is 18.5. The first-order chi connectivity index (χ1) is 12.6. The number of carbonyl (C=O) groups excluding carboxylic acids is 1. The van der Waals surface area contributed by atoms with Gasteiger partial charge in [0, 0.05) is 17.5 Å². The number of hydrogen-bond donors (Lipinski definition) is 1. The van der Waals surface area contributed by atoms with Gasteiger partial charge in [0.2, 0.25) is 0 Å². The summed E-state index contributed by atoms with van der Waals surface area (Å²) in [6, 6.07) is 16.7. The fourth-order valence-corrected chi connectivity index (χ4v) is 2.80. The summed E-state index contributed by atoms with van der Waals surface area (Å²) in [7, 11) is 3.03. The minimum atomic E-state index is -0.327. The predicted molar refractivity (Wildman–Crippen MR) is 103 cm³/mol. The third-order valence-corrected chi connectivity index (χ3v) is 4.17. The largest absolute Gasteiger partial charge is 0.493 e. The SMILES string of the molecule is COc1cc(Cl)c(NC(=O)COc2cccc3ccccc23)cc1OC. The van der Waals surface area contributed by atoms with E-state index in [-0.39, 0.29) is 12.5 Å². The van der Waals surface area contributed by atoms with Crippen molar-refractivity contribution in [3.8, 4) is 17.2 Å². The molecule has 26 heavy (non-hydrogen) atoms. The van der Waals surface area contributed by atoms with Crippen molar-refractivity contribution in [2.45, 2.75) is 0 Å². The second-order valence-electron chi connectivity index (χ2n) is 5.50. The van der Waals surface area contributed by atoms with Gasteiger partial charge in [0.05, 0.1) is 24.9 Å². The van der Waals surface area contributed by atoms with Crippen LogP contribution in [0.15, 0.2) is 54.6 Å². The number of methoxy groups -OCH3 is 2. The van der Waals surface area contributed by atoms with E-state index in [0.29, 0.717) is 28.0 Å². The summed E-state index contributed by atoms with van der Waals surface area (Å²) in [5, 5.41) is 5.07. The second-order valence-corrected chi connectivity index (χ2v) is 5.91. The topological polar surface area (TPSA) is 56.8 Å². The van der Waals surface area contributed by atoms with Crippen molar-refractivity contribution in [1.29, 1.82) is 0 Å². The summed E-state index contributed by atoms with van der Waals surface area (Å²) in [6.07, 6.45) is 0. The Labute approximate surface area is 156 Å². The number of fused-ring (bicyclic) bond motifs is 1. The van der Waals surface area contributed by atoms with Crippen LogP contribution in [0.3, 0.4) is 0 Å². The van der Waals surface area contributed by atoms with Gasteiger partial charge in [-0.25, -0.2) is 0 Å². The van der Waals surface area contributed by atoms with Crippen molar-refractivity contribution in [3.63, 3.8) is 0 Å². The first kappa shape index (κ1) is 17.9. The highest BCUT2D eigenvalue weighted by molar-refractivity contribution is 6.34. The molecule has 6 heteroatoms. The van der Waals surface area contributed by atoms with Gasteiger partial charge in [-0.05, 0) is 11.5 Å². The van der Waals surface area contributed by atoms with Crippen LogP contribution >= 0.6 is 11.6 Å². The lowest BCUT2D eigenvalue weighted by Gasteiger charge is -2.13. The van der Waals surface area contributed by atoms with Crippen LogP contribution in [-0.2, 0) is 4.79 Å². The Kier molecular flexibility index (Phi) is 5.49. The molecular formula is C20H18ClNO4. The molecule has 0 aliphatic heterocycles. The Morgan fingerprint density at radius 1 is 0.962 bits per heavy atom. The molecule has 1 N–H and O–H groups in total. The smallest absolute Gasteiger partial charge is 0.262 e. The molecule has 3 aromatic rings. The van der Waals surface area contributed by atoms with Gasteiger partial charge in [-0.2, -0.15) is 0 Å². The lowest BCUT2D eigenvalue weighted by molar-refractivity contribution is -0.118. The highest BCUT2D eigenvalue weighted by Gasteiger charge is 2.13. The maximum absolute atomic E-state index is 12.3. The fourth-order valence-electron chi connectivity index (χ4n) is 2.60. The van der Waals surface area contributed by atoms with Crippen molar-refractivity contribution in [2.24, 2.45) is 0 Å². The highest BCUT2D eigenvalue weighted by atomic mass is 35.5. The number of halogens is 1. The van der Waals surface area contributed by atoms with E-state index in [9.17, 15) is 4.79 Å². The zero-order valence-electron chi connectivity index (χ0n) is 14.4. The minimum absolute atomic E-state index is 0.140. The van der Waals surface area contributed by atoms with Crippen molar-refractivity contribution in [3.05, 3.63) is 59.6 Å². The average Bonchev–Trinajstić information content (AvgIpc) is 2.67. The number of amides is 1. The number of carbonyl (C=O) groups is 1. The zero-order valence-corrected chi connectivity index (χ0v) is 15.2. The second kappa shape index (κ2) is 7.97. The summed E-state index contributed by atoms with van der Waals surface area (Å²) in [5.74, 6) is 1.29. The van der Waals surface area contributed by atoms with Gasteiger partial charge in [-0.15, -0.1) is 0 Å². The molecular weight excluding hydrogens is 354 g/mol. The van der Waals surface area contributed by atoms with E-state index in [2.05, 4.69) is 5.32 Å². The van der Waals surface area contributed by atoms with E-state index in [1.165, 1.54) is 14.2 Å². The van der Waals surface area contributed by atoms with E-state index in [1.807, 2.05) is 42.5 Å². The van der Waals surface area contributed by atoms with Crippen LogP contribution < -0.4 is 19.5 Å². The van der Waals surface area contributed by atoms with Crippen molar-refractivity contribution in [2.75, 3.05) is 26.1 Å². The Morgan fingerprint density at radius 3 is 2.42 bits per heavy atom. The van der Waals surface area contributed by atoms with Crippen molar-refractivity contribution in [1.82, 2.24) is 0 Å². The average molecular weight is 372 g/mol. The monoisotopic (exact) mass is 371 g/mol. The van der Waals surface area contributed by atoms with Crippen LogP contribution in [0.2, 0.25) is 5.02 Å². The number of benzene rings is 3. The molecule has 0 spiro atoms. The molecule has 0 bridgehead atoms. The van der Waals surface area contributed by atoms with E-state index in [1.54, 1.807) is 12.1 Å². The molecule has 0 atom stereocenters. The van der Waals surface area contributed by atoms with Gasteiger partial charge < -0.3 is 19.5 Å². The maximum atomic E-state index is 12.3. The summed E-state index contributed by atoms with van der Waals surface area (Å²) in [6.45, 7) is -0.140. The number of hydrogen-bond acceptors (Lipinski definition) is 4. The van der Waals surface area contributed by atoms with Gasteiger partial charge in [0.1, 0.15) is 5.75 Å². The Morgan fingerprint density at radius 2 is 1.65 bits per heavy atom. The van der Waals surface area contributed by atoms with E-state index >= 15 is 0 Å². The fraction of sp³-hybridized carbons (Fsp3) is 0.150. The molecule has 0 fully saturated rings. The Balaban J connectivity index is 1.71. The molecule has 0 saturated heterocycles. The predicted octanol–water partition coefficient (Wildman–Crippen LogP) is 4.53. The van der Waals surface area contributed by atoms with Gasteiger partial charge in [-0.1, -0.05) is 48.0 Å². The molecule has 1 amide bonds. The molecule has 5 nitrogen and oxygen atoms in total. The summed E-state index contributed by atoms with van der Waals surface area (Å²) in [4.78, 5) is 12.3. The minimum Gasteiger partial charge on any atom is -0.493 e. The number of nitrogens with one attached hydrogen (secondary N) is 1. The standard InChI is InChI=1S/C20H18ClNO4/c1-24-18-10-15(21)16(11-19(18)25-2)22-20(23)12-26-17-9-5-7-13-6-3-4-8-14(13)17/h3-11H,12H2,1-2H3,(H,22,23). The Bertz CT molecular complexity index is 937. The molecule has 0 aliphatic carbocycles. The van der Waals surface area contributed by atoms with Crippen LogP contribution in [0.1, 0.15) is 0 Å². The maximum Gasteiger partial charge on any atom is 0.262 e. The molecule has 3 aromatic carbocycles. The van der Waals surface area contributed by atoms with Crippen LogP contribution in [0, 0.1) is 0 Å². The molecule has 134 valence electrons. The molecule has 0 aromatic heterocycles. The number of anilines is 1. The lowest BCUT2D eigenvalue weighted by Crippen LogP contribution is -2.20. The molecule has 0 heterocycles. The van der Waals surface area contributed by atoms with Gasteiger partial charge in [0.25, 0.3) is 5.91 Å². The van der Waals surface area contributed by atoms with Crippen molar-refractivity contribution < 1.29 is 19.0 Å². The molecule has 0 saturated carbocycles. The molecule has 0 unspecified atom stereocenters. The Hall–Kier alpha value is -2.92. The van der Waals surface area contributed by atoms with Crippen LogP contribution in [0.5, 0.6) is 17.2 Å².